The van der Waals surface area contributed by atoms with Gasteiger partial charge < -0.3 is 16.2 Å². The predicted molar refractivity (Wildman–Crippen MR) is 93.9 cm³/mol. The van der Waals surface area contributed by atoms with E-state index in [2.05, 4.69) is 0 Å². The Morgan fingerprint density at radius 3 is 2.17 bits per heavy atom. The van der Waals surface area contributed by atoms with Gasteiger partial charge in [-0.15, -0.1) is 0 Å². The predicted octanol–water partition coefficient (Wildman–Crippen LogP) is 1.60. The number of benzene rings is 2. The highest BCUT2D eigenvalue weighted by atomic mass is 32.2. The molecule has 0 amide bonds. The van der Waals surface area contributed by atoms with Crippen molar-refractivity contribution in [2.45, 2.75) is 28.5 Å². The Balaban J connectivity index is 1.98. The van der Waals surface area contributed by atoms with Gasteiger partial charge in [0.25, 0.3) is 0 Å². The molecule has 0 bridgehead atoms. The lowest BCUT2D eigenvalue weighted by Crippen LogP contribution is -2.39. The van der Waals surface area contributed by atoms with Gasteiger partial charge in [-0.2, -0.15) is 0 Å². The third-order valence-corrected chi connectivity index (χ3v) is 7.12. The molecule has 0 spiro atoms. The highest BCUT2D eigenvalue weighted by Gasteiger charge is 2.68. The topological polar surface area (TPSA) is 95.4 Å². The van der Waals surface area contributed by atoms with Gasteiger partial charge in [0.05, 0.1) is 22.8 Å². The zero-order chi connectivity index (χ0) is 17.5. The highest BCUT2D eigenvalue weighted by Crippen LogP contribution is 2.55. The molecule has 6 heteroatoms. The molecular formula is C18H22N2O3S. The Morgan fingerprint density at radius 2 is 1.67 bits per heavy atom. The quantitative estimate of drug-likeness (QED) is 0.857. The van der Waals surface area contributed by atoms with E-state index in [0.29, 0.717) is 5.75 Å². The van der Waals surface area contributed by atoms with Gasteiger partial charge in [0.2, 0.25) is 0 Å². The van der Waals surface area contributed by atoms with Crippen molar-refractivity contribution in [2.24, 2.45) is 11.5 Å². The summed E-state index contributed by atoms with van der Waals surface area (Å²) in [5.74, 6) is 0.396. The third kappa shape index (κ3) is 2.60. The summed E-state index contributed by atoms with van der Waals surface area (Å²) in [7, 11) is -1.96. The molecule has 24 heavy (non-hydrogen) atoms. The maximum Gasteiger partial charge on any atom is 0.183 e. The fourth-order valence-electron chi connectivity index (χ4n) is 3.30. The fourth-order valence-corrected chi connectivity index (χ4v) is 5.62. The van der Waals surface area contributed by atoms with Crippen molar-refractivity contribution >= 4 is 9.84 Å². The van der Waals surface area contributed by atoms with Crippen LogP contribution in [0.4, 0.5) is 0 Å². The van der Waals surface area contributed by atoms with Gasteiger partial charge in [-0.25, -0.2) is 8.42 Å². The molecule has 0 unspecified atom stereocenters. The first-order valence-corrected chi connectivity index (χ1v) is 9.32. The van der Waals surface area contributed by atoms with Crippen molar-refractivity contribution in [1.29, 1.82) is 0 Å². The molecule has 0 aromatic heterocycles. The smallest absolute Gasteiger partial charge is 0.183 e. The van der Waals surface area contributed by atoms with Crippen LogP contribution in [-0.2, 0) is 9.84 Å². The second-order valence-electron chi connectivity index (χ2n) is 6.35. The van der Waals surface area contributed by atoms with Gasteiger partial charge in [0.1, 0.15) is 5.75 Å². The molecule has 4 N–H and O–H groups in total. The van der Waals surface area contributed by atoms with Crippen molar-refractivity contribution in [3.63, 3.8) is 0 Å². The molecule has 128 valence electrons. The molecule has 3 rings (SSSR count). The van der Waals surface area contributed by atoms with Gasteiger partial charge in [0.15, 0.2) is 9.84 Å². The minimum absolute atomic E-state index is 0.111. The molecule has 5 nitrogen and oxygen atoms in total. The summed E-state index contributed by atoms with van der Waals surface area (Å²) in [5.41, 5.74) is 13.1. The zero-order valence-electron chi connectivity index (χ0n) is 13.8. The van der Waals surface area contributed by atoms with Gasteiger partial charge in [-0.05, 0) is 36.8 Å². The normalized spacial score (nSPS) is 26.2. The summed E-state index contributed by atoms with van der Waals surface area (Å²) < 4.78 is 31.2. The van der Waals surface area contributed by atoms with E-state index in [-0.39, 0.29) is 17.4 Å². The van der Waals surface area contributed by atoms with Crippen molar-refractivity contribution in [2.75, 3.05) is 13.7 Å². The molecule has 1 aliphatic rings. The largest absolute Gasteiger partial charge is 0.497 e. The molecule has 1 fully saturated rings. The van der Waals surface area contributed by atoms with E-state index >= 15 is 0 Å². The third-order valence-electron chi connectivity index (χ3n) is 4.81. The van der Waals surface area contributed by atoms with E-state index in [0.717, 1.165) is 11.1 Å². The molecule has 2 aromatic rings. The average Bonchev–Trinajstić information content (AvgIpc) is 3.23. The van der Waals surface area contributed by atoms with Crippen LogP contribution in [-0.4, -0.2) is 32.9 Å². The summed E-state index contributed by atoms with van der Waals surface area (Å²) >= 11 is 0. The number of hydrogen-bond donors (Lipinski definition) is 2. The Hall–Kier alpha value is -1.89. The van der Waals surface area contributed by atoms with Crippen LogP contribution in [0.25, 0.3) is 0 Å². The number of sulfone groups is 1. The Morgan fingerprint density at radius 1 is 1.08 bits per heavy atom. The van der Waals surface area contributed by atoms with E-state index in [1.54, 1.807) is 43.5 Å². The van der Waals surface area contributed by atoms with Gasteiger partial charge in [-0.3, -0.25) is 0 Å². The first-order chi connectivity index (χ1) is 11.3. The molecule has 1 saturated carbocycles. The van der Waals surface area contributed by atoms with Gasteiger partial charge >= 0.3 is 0 Å². The standard InChI is InChI=1S/C18H22N2O3S/c1-12-3-9-15(10-4-12)24(21,22)17-16(18(17,20)11-19)13-5-7-14(23-2)8-6-13/h3-10,16-17H,11,19-20H2,1-2H3/t16-,17-,18+/m1/s1. The van der Waals surface area contributed by atoms with Crippen LogP contribution in [0.15, 0.2) is 53.4 Å². The average molecular weight is 346 g/mol. The molecule has 3 atom stereocenters. The van der Waals surface area contributed by atoms with E-state index in [9.17, 15) is 8.42 Å². The second-order valence-corrected chi connectivity index (χ2v) is 8.42. The van der Waals surface area contributed by atoms with Crippen molar-refractivity contribution in [3.05, 3.63) is 59.7 Å². The SMILES string of the molecule is COc1ccc([C@@H]2[C@@H](S(=O)(=O)c3ccc(C)cc3)[C@]2(N)CN)cc1. The van der Waals surface area contributed by atoms with Crippen LogP contribution >= 0.6 is 0 Å². The van der Waals surface area contributed by atoms with Crippen molar-refractivity contribution in [3.8, 4) is 5.75 Å². The Bertz CT molecular complexity index is 832. The lowest BCUT2D eigenvalue weighted by atomic mass is 10.1. The lowest BCUT2D eigenvalue weighted by molar-refractivity contribution is 0.414. The minimum Gasteiger partial charge on any atom is -0.497 e. The summed E-state index contributed by atoms with van der Waals surface area (Å²) in [4.78, 5) is 0.289. The second kappa shape index (κ2) is 5.88. The van der Waals surface area contributed by atoms with Gasteiger partial charge in [0, 0.05) is 12.5 Å². The van der Waals surface area contributed by atoms with Crippen LogP contribution in [0.1, 0.15) is 17.0 Å². The van der Waals surface area contributed by atoms with Crippen LogP contribution in [0, 0.1) is 6.92 Å². The number of nitrogens with two attached hydrogens (primary N) is 2. The Labute approximate surface area is 142 Å². The fraction of sp³-hybridized carbons (Fsp3) is 0.333. The van der Waals surface area contributed by atoms with E-state index < -0.39 is 20.6 Å². The minimum atomic E-state index is -3.55. The Kier molecular flexibility index (Phi) is 4.15. The first kappa shape index (κ1) is 17.0. The maximum absolute atomic E-state index is 13.0. The van der Waals surface area contributed by atoms with Crippen LogP contribution < -0.4 is 16.2 Å². The monoisotopic (exact) mass is 346 g/mol. The molecule has 0 heterocycles. The van der Waals surface area contributed by atoms with Crippen LogP contribution in [0.3, 0.4) is 0 Å². The summed E-state index contributed by atoms with van der Waals surface area (Å²) in [5, 5.41) is -0.717. The molecule has 2 aromatic carbocycles. The van der Waals surface area contributed by atoms with E-state index in [1.807, 2.05) is 19.1 Å². The van der Waals surface area contributed by atoms with E-state index in [4.69, 9.17) is 16.2 Å². The number of ether oxygens (including phenoxy) is 1. The number of methoxy groups -OCH3 is 1. The van der Waals surface area contributed by atoms with Crippen LogP contribution in [0.2, 0.25) is 0 Å². The first-order valence-electron chi connectivity index (χ1n) is 7.78. The van der Waals surface area contributed by atoms with Gasteiger partial charge in [-0.1, -0.05) is 29.8 Å². The summed E-state index contributed by atoms with van der Waals surface area (Å²) in [6, 6.07) is 14.2. The number of aryl methyl sites for hydroxylation is 1. The molecule has 0 saturated heterocycles. The maximum atomic E-state index is 13.0. The zero-order valence-corrected chi connectivity index (χ0v) is 14.6. The molecular weight excluding hydrogens is 324 g/mol. The molecule has 0 aliphatic heterocycles. The highest BCUT2D eigenvalue weighted by molar-refractivity contribution is 7.92. The number of hydrogen-bond acceptors (Lipinski definition) is 5. The lowest BCUT2D eigenvalue weighted by Gasteiger charge is -2.09. The number of rotatable bonds is 5. The van der Waals surface area contributed by atoms with Crippen LogP contribution in [0.5, 0.6) is 5.75 Å². The molecule has 1 aliphatic carbocycles. The summed E-state index contributed by atoms with van der Waals surface area (Å²) in [6.07, 6.45) is 0. The van der Waals surface area contributed by atoms with E-state index in [1.165, 1.54) is 0 Å². The van der Waals surface area contributed by atoms with Crippen molar-refractivity contribution in [1.82, 2.24) is 0 Å². The summed E-state index contributed by atoms with van der Waals surface area (Å²) in [6.45, 7) is 2.03. The van der Waals surface area contributed by atoms with Crippen molar-refractivity contribution < 1.29 is 13.2 Å². The molecule has 0 radical (unpaired) electrons.